The standard InChI is InChI=1S/C20H22ClIN2O3/c1-3-23-20(26)14(2)24(12-15-6-4-5-7-18(15)21)19(25)13-27-17-10-8-16(22)9-11-17/h4-11,14H,3,12-13H2,1-2H3,(H,23,26)/t14-/m0/s1. The Morgan fingerprint density at radius 1 is 1.19 bits per heavy atom. The van der Waals surface area contributed by atoms with Gasteiger partial charge in [0.15, 0.2) is 6.61 Å². The molecule has 0 heterocycles. The second-order valence-electron chi connectivity index (χ2n) is 5.93. The van der Waals surface area contributed by atoms with Gasteiger partial charge in [0.2, 0.25) is 5.91 Å². The number of carbonyl (C=O) groups is 2. The van der Waals surface area contributed by atoms with E-state index in [9.17, 15) is 9.59 Å². The van der Waals surface area contributed by atoms with E-state index < -0.39 is 6.04 Å². The van der Waals surface area contributed by atoms with Gasteiger partial charge in [0.1, 0.15) is 11.8 Å². The SMILES string of the molecule is CCNC(=O)[C@H](C)N(Cc1ccccc1Cl)C(=O)COc1ccc(I)cc1. The van der Waals surface area contributed by atoms with Gasteiger partial charge in [-0.3, -0.25) is 9.59 Å². The molecule has 2 rings (SSSR count). The Kier molecular flexibility index (Phi) is 8.37. The molecular weight excluding hydrogens is 479 g/mol. The largest absolute Gasteiger partial charge is 0.484 e. The molecule has 0 bridgehead atoms. The number of benzene rings is 2. The van der Waals surface area contributed by atoms with E-state index >= 15 is 0 Å². The highest BCUT2D eigenvalue weighted by molar-refractivity contribution is 14.1. The molecule has 1 N–H and O–H groups in total. The number of nitrogens with zero attached hydrogens (tertiary/aromatic N) is 1. The van der Waals surface area contributed by atoms with Gasteiger partial charge in [-0.25, -0.2) is 0 Å². The first-order valence-corrected chi connectivity index (χ1v) is 10.1. The summed E-state index contributed by atoms with van der Waals surface area (Å²) >= 11 is 8.44. The Bertz CT molecular complexity index is 783. The lowest BCUT2D eigenvalue weighted by Gasteiger charge is -2.29. The van der Waals surface area contributed by atoms with Crippen molar-refractivity contribution < 1.29 is 14.3 Å². The monoisotopic (exact) mass is 500 g/mol. The molecule has 0 radical (unpaired) electrons. The zero-order valence-electron chi connectivity index (χ0n) is 15.2. The average molecular weight is 501 g/mol. The minimum absolute atomic E-state index is 0.158. The highest BCUT2D eigenvalue weighted by Crippen LogP contribution is 2.19. The molecule has 1 atom stereocenters. The van der Waals surface area contributed by atoms with Crippen LogP contribution in [0.4, 0.5) is 0 Å². The molecule has 0 aliphatic heterocycles. The second-order valence-corrected chi connectivity index (χ2v) is 7.58. The molecule has 0 aliphatic rings. The lowest BCUT2D eigenvalue weighted by molar-refractivity contribution is -0.142. The molecule has 0 spiro atoms. The maximum atomic E-state index is 12.8. The van der Waals surface area contributed by atoms with Crippen molar-refractivity contribution in [3.63, 3.8) is 0 Å². The number of halogens is 2. The molecule has 0 saturated heterocycles. The summed E-state index contributed by atoms with van der Waals surface area (Å²) in [5.74, 6) is 0.103. The lowest BCUT2D eigenvalue weighted by atomic mass is 10.1. The van der Waals surface area contributed by atoms with Crippen LogP contribution in [0, 0.1) is 3.57 Å². The van der Waals surface area contributed by atoms with Gasteiger partial charge >= 0.3 is 0 Å². The Morgan fingerprint density at radius 3 is 2.48 bits per heavy atom. The molecule has 0 aliphatic carbocycles. The van der Waals surface area contributed by atoms with Crippen molar-refractivity contribution in [1.82, 2.24) is 10.2 Å². The summed E-state index contributed by atoms with van der Waals surface area (Å²) in [6.45, 7) is 4.10. The zero-order chi connectivity index (χ0) is 19.8. The normalized spacial score (nSPS) is 11.6. The van der Waals surface area contributed by atoms with Crippen LogP contribution in [-0.4, -0.2) is 35.9 Å². The van der Waals surface area contributed by atoms with Gasteiger partial charge in [0.25, 0.3) is 5.91 Å². The smallest absolute Gasteiger partial charge is 0.261 e. The third kappa shape index (κ3) is 6.39. The second kappa shape index (κ2) is 10.5. The number of amides is 2. The minimum Gasteiger partial charge on any atom is -0.484 e. The molecular formula is C20H22ClIN2O3. The number of likely N-dealkylation sites (N-methyl/N-ethyl adjacent to an activating group) is 1. The maximum absolute atomic E-state index is 12.8. The molecule has 2 amide bonds. The summed E-state index contributed by atoms with van der Waals surface area (Å²) in [4.78, 5) is 26.6. The van der Waals surface area contributed by atoms with Crippen LogP contribution in [0.3, 0.4) is 0 Å². The van der Waals surface area contributed by atoms with Gasteiger partial charge in [-0.1, -0.05) is 29.8 Å². The van der Waals surface area contributed by atoms with Crippen LogP contribution in [0.15, 0.2) is 48.5 Å². The lowest BCUT2D eigenvalue weighted by Crippen LogP contribution is -2.49. The predicted molar refractivity (Wildman–Crippen MR) is 115 cm³/mol. The first-order valence-electron chi connectivity index (χ1n) is 8.61. The molecule has 7 heteroatoms. The van der Waals surface area contributed by atoms with Gasteiger partial charge in [-0.2, -0.15) is 0 Å². The predicted octanol–water partition coefficient (Wildman–Crippen LogP) is 3.88. The fourth-order valence-corrected chi connectivity index (χ4v) is 3.03. The summed E-state index contributed by atoms with van der Waals surface area (Å²) in [5.41, 5.74) is 0.776. The van der Waals surface area contributed by atoms with Crippen molar-refractivity contribution >= 4 is 46.0 Å². The van der Waals surface area contributed by atoms with E-state index in [-0.39, 0.29) is 25.0 Å². The quantitative estimate of drug-likeness (QED) is 0.560. The third-order valence-electron chi connectivity index (χ3n) is 3.99. The molecule has 2 aromatic carbocycles. The highest BCUT2D eigenvalue weighted by atomic mass is 127. The van der Waals surface area contributed by atoms with Crippen LogP contribution in [-0.2, 0) is 16.1 Å². The van der Waals surface area contributed by atoms with Crippen molar-refractivity contribution in [2.45, 2.75) is 26.4 Å². The van der Waals surface area contributed by atoms with Crippen LogP contribution in [0.2, 0.25) is 5.02 Å². The first kappa shape index (κ1) is 21.5. The Balaban J connectivity index is 2.14. The number of hydrogen-bond donors (Lipinski definition) is 1. The number of hydrogen-bond acceptors (Lipinski definition) is 3. The third-order valence-corrected chi connectivity index (χ3v) is 5.08. The van der Waals surface area contributed by atoms with E-state index in [1.165, 1.54) is 4.90 Å². The Morgan fingerprint density at radius 2 is 1.85 bits per heavy atom. The van der Waals surface area contributed by atoms with Crippen molar-refractivity contribution in [1.29, 1.82) is 0 Å². The Labute approximate surface area is 178 Å². The first-order chi connectivity index (χ1) is 12.9. The van der Waals surface area contributed by atoms with Crippen LogP contribution in [0.5, 0.6) is 5.75 Å². The van der Waals surface area contributed by atoms with Crippen LogP contribution in [0.1, 0.15) is 19.4 Å². The summed E-state index contributed by atoms with van der Waals surface area (Å²) in [5, 5.41) is 3.31. The number of rotatable bonds is 8. The molecule has 0 fully saturated rings. The van der Waals surface area contributed by atoms with E-state index in [2.05, 4.69) is 27.9 Å². The summed E-state index contributed by atoms with van der Waals surface area (Å²) in [7, 11) is 0. The minimum atomic E-state index is -0.644. The van der Waals surface area contributed by atoms with Gasteiger partial charge in [0.05, 0.1) is 0 Å². The fraction of sp³-hybridized carbons (Fsp3) is 0.300. The van der Waals surface area contributed by atoms with E-state index in [1.54, 1.807) is 25.1 Å². The molecule has 5 nitrogen and oxygen atoms in total. The topological polar surface area (TPSA) is 58.6 Å². The number of nitrogens with one attached hydrogen (secondary N) is 1. The summed E-state index contributed by atoms with van der Waals surface area (Å²) < 4.78 is 6.68. The van der Waals surface area contributed by atoms with Crippen molar-refractivity contribution in [3.8, 4) is 5.75 Å². The van der Waals surface area contributed by atoms with Gasteiger partial charge in [0, 0.05) is 21.7 Å². The number of carbonyl (C=O) groups excluding carboxylic acids is 2. The van der Waals surface area contributed by atoms with E-state index in [1.807, 2.05) is 37.3 Å². The van der Waals surface area contributed by atoms with Crippen molar-refractivity contribution in [2.24, 2.45) is 0 Å². The van der Waals surface area contributed by atoms with Gasteiger partial charge < -0.3 is 15.0 Å². The Hall–Kier alpha value is -1.80. The van der Waals surface area contributed by atoms with E-state index in [0.717, 1.165) is 9.13 Å². The average Bonchev–Trinajstić information content (AvgIpc) is 2.66. The summed E-state index contributed by atoms with van der Waals surface area (Å²) in [6.07, 6.45) is 0. The molecule has 0 unspecified atom stereocenters. The number of ether oxygens (including phenoxy) is 1. The molecule has 2 aromatic rings. The maximum Gasteiger partial charge on any atom is 0.261 e. The van der Waals surface area contributed by atoms with Crippen LogP contribution < -0.4 is 10.1 Å². The summed E-state index contributed by atoms with van der Waals surface area (Å²) in [6, 6.07) is 14.0. The van der Waals surface area contributed by atoms with Gasteiger partial charge in [-0.15, -0.1) is 0 Å². The van der Waals surface area contributed by atoms with Gasteiger partial charge in [-0.05, 0) is 72.3 Å². The molecule has 144 valence electrons. The zero-order valence-corrected chi connectivity index (χ0v) is 18.2. The van der Waals surface area contributed by atoms with E-state index in [0.29, 0.717) is 17.3 Å². The molecule has 0 saturated carbocycles. The van der Waals surface area contributed by atoms with Crippen LogP contribution >= 0.6 is 34.2 Å². The highest BCUT2D eigenvalue weighted by Gasteiger charge is 2.26. The van der Waals surface area contributed by atoms with Crippen molar-refractivity contribution in [2.75, 3.05) is 13.2 Å². The molecule has 0 aromatic heterocycles. The van der Waals surface area contributed by atoms with E-state index in [4.69, 9.17) is 16.3 Å². The molecule has 27 heavy (non-hydrogen) atoms. The van der Waals surface area contributed by atoms with Crippen LogP contribution in [0.25, 0.3) is 0 Å². The van der Waals surface area contributed by atoms with Crippen molar-refractivity contribution in [3.05, 3.63) is 62.7 Å². The fourth-order valence-electron chi connectivity index (χ4n) is 2.47.